The monoisotopic (exact) mass is 264 g/mol. The molecule has 1 saturated heterocycles. The number of likely N-dealkylation sites (tertiary alicyclic amines) is 1. The molecule has 1 fully saturated rings. The summed E-state index contributed by atoms with van der Waals surface area (Å²) < 4.78 is 1.87. The highest BCUT2D eigenvalue weighted by atomic mass is 15.2. The molecule has 1 atom stereocenters. The summed E-state index contributed by atoms with van der Waals surface area (Å²) in [4.78, 5) is 2.65. The Labute approximate surface area is 117 Å². The van der Waals surface area contributed by atoms with E-state index in [0.717, 1.165) is 25.6 Å². The lowest BCUT2D eigenvalue weighted by Crippen LogP contribution is -2.39. The SMILES string of the molecule is CC1CCCCN1CCCNCCc1cnn(C)c1. The number of nitrogens with one attached hydrogen (secondary N) is 1. The molecule has 0 aromatic carbocycles. The zero-order valence-corrected chi connectivity index (χ0v) is 12.4. The summed E-state index contributed by atoms with van der Waals surface area (Å²) in [5, 5.41) is 7.72. The van der Waals surface area contributed by atoms with E-state index >= 15 is 0 Å². The summed E-state index contributed by atoms with van der Waals surface area (Å²) in [5.74, 6) is 0. The molecule has 1 unspecified atom stereocenters. The first-order valence-electron chi connectivity index (χ1n) is 7.68. The summed E-state index contributed by atoms with van der Waals surface area (Å²) >= 11 is 0. The number of hydrogen-bond acceptors (Lipinski definition) is 3. The smallest absolute Gasteiger partial charge is 0.0522 e. The third-order valence-corrected chi connectivity index (χ3v) is 4.09. The Morgan fingerprint density at radius 2 is 2.26 bits per heavy atom. The van der Waals surface area contributed by atoms with Gasteiger partial charge in [0.1, 0.15) is 0 Å². The second kappa shape index (κ2) is 7.65. The third kappa shape index (κ3) is 4.96. The van der Waals surface area contributed by atoms with Crippen molar-refractivity contribution in [3.63, 3.8) is 0 Å². The number of rotatable bonds is 7. The van der Waals surface area contributed by atoms with E-state index in [1.54, 1.807) is 0 Å². The van der Waals surface area contributed by atoms with E-state index < -0.39 is 0 Å². The van der Waals surface area contributed by atoms with Crippen LogP contribution in [0.25, 0.3) is 0 Å². The van der Waals surface area contributed by atoms with Gasteiger partial charge in [-0.25, -0.2) is 0 Å². The highest BCUT2D eigenvalue weighted by molar-refractivity contribution is 5.03. The van der Waals surface area contributed by atoms with Crippen molar-refractivity contribution in [2.24, 2.45) is 7.05 Å². The number of aromatic nitrogens is 2. The van der Waals surface area contributed by atoms with Crippen molar-refractivity contribution in [3.8, 4) is 0 Å². The van der Waals surface area contributed by atoms with Gasteiger partial charge in [0.25, 0.3) is 0 Å². The molecule has 0 spiro atoms. The van der Waals surface area contributed by atoms with Gasteiger partial charge in [0.15, 0.2) is 0 Å². The number of hydrogen-bond donors (Lipinski definition) is 1. The molecule has 1 aliphatic heterocycles. The standard InChI is InChI=1S/C15H28N4/c1-14-6-3-4-10-19(14)11-5-8-16-9-7-15-12-17-18(2)13-15/h12-14,16H,3-11H2,1-2H3. The molecule has 0 amide bonds. The molecule has 0 radical (unpaired) electrons. The van der Waals surface area contributed by atoms with Gasteiger partial charge in [0, 0.05) is 19.3 Å². The van der Waals surface area contributed by atoms with Crippen molar-refractivity contribution in [2.75, 3.05) is 26.2 Å². The minimum Gasteiger partial charge on any atom is -0.316 e. The lowest BCUT2D eigenvalue weighted by molar-refractivity contribution is 0.159. The Hall–Kier alpha value is -0.870. The lowest BCUT2D eigenvalue weighted by atomic mass is 10.0. The van der Waals surface area contributed by atoms with E-state index in [2.05, 4.69) is 28.4 Å². The number of aryl methyl sites for hydroxylation is 1. The van der Waals surface area contributed by atoms with Crippen LogP contribution in [0.3, 0.4) is 0 Å². The molecule has 1 aromatic rings. The molecule has 4 heteroatoms. The summed E-state index contributed by atoms with van der Waals surface area (Å²) in [7, 11) is 1.97. The fraction of sp³-hybridized carbons (Fsp3) is 0.800. The van der Waals surface area contributed by atoms with E-state index in [1.807, 2.05) is 17.9 Å². The highest BCUT2D eigenvalue weighted by Crippen LogP contribution is 2.15. The van der Waals surface area contributed by atoms with Crippen LogP contribution in [0.1, 0.15) is 38.2 Å². The first-order chi connectivity index (χ1) is 9.25. The lowest BCUT2D eigenvalue weighted by Gasteiger charge is -2.33. The molecule has 0 aliphatic carbocycles. The van der Waals surface area contributed by atoms with Crippen LogP contribution >= 0.6 is 0 Å². The van der Waals surface area contributed by atoms with Crippen LogP contribution in [-0.4, -0.2) is 46.9 Å². The van der Waals surface area contributed by atoms with Gasteiger partial charge in [-0.15, -0.1) is 0 Å². The van der Waals surface area contributed by atoms with E-state index in [9.17, 15) is 0 Å². The van der Waals surface area contributed by atoms with Gasteiger partial charge in [0.05, 0.1) is 6.20 Å². The van der Waals surface area contributed by atoms with Crippen LogP contribution in [0.15, 0.2) is 12.4 Å². The second-order valence-corrected chi connectivity index (χ2v) is 5.76. The molecule has 19 heavy (non-hydrogen) atoms. The maximum Gasteiger partial charge on any atom is 0.0522 e. The van der Waals surface area contributed by atoms with Crippen molar-refractivity contribution < 1.29 is 0 Å². The van der Waals surface area contributed by atoms with E-state index in [-0.39, 0.29) is 0 Å². The van der Waals surface area contributed by atoms with Crippen molar-refractivity contribution in [1.29, 1.82) is 0 Å². The zero-order valence-electron chi connectivity index (χ0n) is 12.4. The van der Waals surface area contributed by atoms with E-state index in [4.69, 9.17) is 0 Å². The van der Waals surface area contributed by atoms with Crippen LogP contribution in [0.5, 0.6) is 0 Å². The van der Waals surface area contributed by atoms with Gasteiger partial charge in [-0.1, -0.05) is 6.42 Å². The Bertz CT molecular complexity index is 361. The van der Waals surface area contributed by atoms with Gasteiger partial charge >= 0.3 is 0 Å². The van der Waals surface area contributed by atoms with Crippen molar-refractivity contribution in [1.82, 2.24) is 20.0 Å². The predicted molar refractivity (Wildman–Crippen MR) is 79.3 cm³/mol. The molecule has 2 rings (SSSR count). The Kier molecular flexibility index (Phi) is 5.86. The Morgan fingerprint density at radius 1 is 1.37 bits per heavy atom. The van der Waals surface area contributed by atoms with Gasteiger partial charge < -0.3 is 10.2 Å². The van der Waals surface area contributed by atoms with Crippen molar-refractivity contribution >= 4 is 0 Å². The average molecular weight is 264 g/mol. The van der Waals surface area contributed by atoms with Crippen LogP contribution in [0.4, 0.5) is 0 Å². The van der Waals surface area contributed by atoms with Crippen LogP contribution in [0, 0.1) is 0 Å². The fourth-order valence-corrected chi connectivity index (χ4v) is 2.86. The van der Waals surface area contributed by atoms with Crippen LogP contribution in [0.2, 0.25) is 0 Å². The van der Waals surface area contributed by atoms with Crippen molar-refractivity contribution in [2.45, 2.75) is 45.1 Å². The molecule has 1 N–H and O–H groups in total. The summed E-state index contributed by atoms with van der Waals surface area (Å²) in [6.45, 7) is 7.11. The maximum absolute atomic E-state index is 4.18. The molecule has 0 saturated carbocycles. The summed E-state index contributed by atoms with van der Waals surface area (Å²) in [6.07, 6.45) is 10.6. The van der Waals surface area contributed by atoms with Gasteiger partial charge in [-0.05, 0) is 64.3 Å². The topological polar surface area (TPSA) is 33.1 Å². The molecular formula is C15H28N4. The summed E-state index contributed by atoms with van der Waals surface area (Å²) in [6, 6.07) is 0.796. The Balaban J connectivity index is 1.50. The predicted octanol–water partition coefficient (Wildman–Crippen LogP) is 1.82. The van der Waals surface area contributed by atoms with E-state index in [1.165, 1.54) is 44.3 Å². The number of nitrogens with zero attached hydrogens (tertiary/aromatic N) is 3. The van der Waals surface area contributed by atoms with Crippen LogP contribution < -0.4 is 5.32 Å². The maximum atomic E-state index is 4.18. The average Bonchev–Trinajstić information content (AvgIpc) is 2.81. The second-order valence-electron chi connectivity index (χ2n) is 5.76. The molecule has 4 nitrogen and oxygen atoms in total. The largest absolute Gasteiger partial charge is 0.316 e. The van der Waals surface area contributed by atoms with Crippen LogP contribution in [-0.2, 0) is 13.5 Å². The fourth-order valence-electron chi connectivity index (χ4n) is 2.86. The molecule has 108 valence electrons. The molecule has 1 aliphatic rings. The molecule has 2 heterocycles. The minimum atomic E-state index is 0.796. The van der Waals surface area contributed by atoms with Gasteiger partial charge in [-0.2, -0.15) is 5.10 Å². The minimum absolute atomic E-state index is 0.796. The zero-order chi connectivity index (χ0) is 13.5. The quantitative estimate of drug-likeness (QED) is 0.763. The molecule has 0 bridgehead atoms. The van der Waals surface area contributed by atoms with Crippen molar-refractivity contribution in [3.05, 3.63) is 18.0 Å². The summed E-state index contributed by atoms with van der Waals surface area (Å²) in [5.41, 5.74) is 1.32. The molecule has 1 aromatic heterocycles. The van der Waals surface area contributed by atoms with Gasteiger partial charge in [0.2, 0.25) is 0 Å². The Morgan fingerprint density at radius 3 is 3.00 bits per heavy atom. The van der Waals surface area contributed by atoms with Gasteiger partial charge in [-0.3, -0.25) is 4.68 Å². The number of piperidine rings is 1. The third-order valence-electron chi connectivity index (χ3n) is 4.09. The van der Waals surface area contributed by atoms with E-state index in [0.29, 0.717) is 0 Å². The normalized spacial score (nSPS) is 20.8. The first-order valence-corrected chi connectivity index (χ1v) is 7.68. The molecular weight excluding hydrogens is 236 g/mol. The highest BCUT2D eigenvalue weighted by Gasteiger charge is 2.16. The first kappa shape index (κ1) is 14.5.